The van der Waals surface area contributed by atoms with Crippen molar-refractivity contribution in [2.75, 3.05) is 18.6 Å². The van der Waals surface area contributed by atoms with E-state index in [1.807, 2.05) is 35.8 Å². The molecule has 0 aromatic heterocycles. The van der Waals surface area contributed by atoms with Crippen molar-refractivity contribution in [3.05, 3.63) is 32.4 Å². The Bertz CT molecular complexity index is 435. The Hall–Kier alpha value is 0.0600. The first-order valence-corrected chi connectivity index (χ1v) is 8.00. The maximum atomic E-state index is 12.4. The lowest BCUT2D eigenvalue weighted by molar-refractivity contribution is 0.0747. The fraction of sp³-hybridized carbons (Fsp3) is 0.417. The molecule has 92 valence electrons. The molecule has 0 spiro atoms. The fourth-order valence-corrected chi connectivity index (χ4v) is 3.85. The summed E-state index contributed by atoms with van der Waals surface area (Å²) in [6, 6.07) is 5.81. The first-order valence-electron chi connectivity index (χ1n) is 5.39. The third-order valence-electron chi connectivity index (χ3n) is 2.93. The molecule has 2 rings (SSSR count). The van der Waals surface area contributed by atoms with E-state index in [-0.39, 0.29) is 5.91 Å². The predicted molar refractivity (Wildman–Crippen MR) is 82.0 cm³/mol. The van der Waals surface area contributed by atoms with Gasteiger partial charge >= 0.3 is 0 Å². The van der Waals surface area contributed by atoms with Crippen molar-refractivity contribution in [1.82, 2.24) is 4.90 Å². The van der Waals surface area contributed by atoms with Gasteiger partial charge in [0.2, 0.25) is 0 Å². The second-order valence-corrected chi connectivity index (χ2v) is 6.81. The quantitative estimate of drug-likeness (QED) is 0.731. The molecule has 1 unspecified atom stereocenters. The number of carbonyl (C=O) groups is 1. The molecule has 0 bridgehead atoms. The van der Waals surface area contributed by atoms with Gasteiger partial charge in [0.15, 0.2) is 0 Å². The van der Waals surface area contributed by atoms with Gasteiger partial charge in [0.1, 0.15) is 0 Å². The summed E-state index contributed by atoms with van der Waals surface area (Å²) in [7, 11) is 1.88. The van der Waals surface area contributed by atoms with Gasteiger partial charge in [-0.25, -0.2) is 0 Å². The topological polar surface area (TPSA) is 20.3 Å². The maximum absolute atomic E-state index is 12.4. The molecule has 5 heteroatoms. The highest BCUT2D eigenvalue weighted by molar-refractivity contribution is 14.1. The maximum Gasteiger partial charge on any atom is 0.254 e. The van der Waals surface area contributed by atoms with Crippen molar-refractivity contribution < 1.29 is 4.79 Å². The Kier molecular flexibility index (Phi) is 4.60. The molecule has 17 heavy (non-hydrogen) atoms. The molecule has 1 aliphatic rings. The average Bonchev–Trinajstić information content (AvgIpc) is 2.84. The average molecular weight is 382 g/mol. The zero-order valence-corrected chi connectivity index (χ0v) is 13.2. The van der Waals surface area contributed by atoms with Crippen molar-refractivity contribution >= 4 is 51.9 Å². The van der Waals surface area contributed by atoms with Crippen LogP contribution in [0.25, 0.3) is 0 Å². The minimum atomic E-state index is 0.0735. The lowest BCUT2D eigenvalue weighted by atomic mass is 10.1. The van der Waals surface area contributed by atoms with Gasteiger partial charge in [-0.3, -0.25) is 4.79 Å². The standard InChI is InChI=1S/C12H13ClINOS/c1-15(9-4-5-17-7-9)12(16)10-6-8(13)2-3-11(10)14/h2-3,6,9H,4-5,7H2,1H3. The van der Waals surface area contributed by atoms with Crippen LogP contribution in [0.5, 0.6) is 0 Å². The van der Waals surface area contributed by atoms with Crippen LogP contribution >= 0.6 is 46.0 Å². The lowest BCUT2D eigenvalue weighted by Gasteiger charge is -2.24. The number of benzene rings is 1. The van der Waals surface area contributed by atoms with E-state index >= 15 is 0 Å². The molecule has 1 aliphatic heterocycles. The Balaban J connectivity index is 2.20. The fourth-order valence-electron chi connectivity index (χ4n) is 1.84. The third kappa shape index (κ3) is 3.09. The highest BCUT2D eigenvalue weighted by Crippen LogP contribution is 2.25. The summed E-state index contributed by atoms with van der Waals surface area (Å²) in [5.41, 5.74) is 0.706. The van der Waals surface area contributed by atoms with Gasteiger partial charge in [-0.05, 0) is 53.0 Å². The Morgan fingerprint density at radius 3 is 3.00 bits per heavy atom. The molecular formula is C12H13ClINOS. The van der Waals surface area contributed by atoms with Crippen LogP contribution in [0.4, 0.5) is 0 Å². The van der Waals surface area contributed by atoms with E-state index in [4.69, 9.17) is 11.6 Å². The van der Waals surface area contributed by atoms with Gasteiger partial charge < -0.3 is 4.90 Å². The largest absolute Gasteiger partial charge is 0.338 e. The number of hydrogen-bond acceptors (Lipinski definition) is 2. The first kappa shape index (κ1) is 13.5. The Morgan fingerprint density at radius 1 is 1.59 bits per heavy atom. The number of carbonyl (C=O) groups excluding carboxylic acids is 1. The number of thioether (sulfide) groups is 1. The molecule has 1 heterocycles. The van der Waals surface area contributed by atoms with Crippen LogP contribution in [0.3, 0.4) is 0 Å². The Labute approximate surface area is 124 Å². The van der Waals surface area contributed by atoms with E-state index in [0.29, 0.717) is 16.6 Å². The number of hydrogen-bond donors (Lipinski definition) is 0. The van der Waals surface area contributed by atoms with Gasteiger partial charge in [-0.1, -0.05) is 11.6 Å². The van der Waals surface area contributed by atoms with E-state index in [2.05, 4.69) is 22.6 Å². The van der Waals surface area contributed by atoms with Crippen LogP contribution in [0.1, 0.15) is 16.8 Å². The summed E-state index contributed by atoms with van der Waals surface area (Å²) in [6.07, 6.45) is 1.09. The highest BCUT2D eigenvalue weighted by Gasteiger charge is 2.25. The van der Waals surface area contributed by atoms with Crippen LogP contribution in [0.15, 0.2) is 18.2 Å². The van der Waals surface area contributed by atoms with Crippen LogP contribution in [0, 0.1) is 3.57 Å². The monoisotopic (exact) mass is 381 g/mol. The van der Waals surface area contributed by atoms with Crippen LogP contribution < -0.4 is 0 Å². The highest BCUT2D eigenvalue weighted by atomic mass is 127. The molecule has 2 nitrogen and oxygen atoms in total. The molecule has 1 atom stereocenters. The molecule has 1 fully saturated rings. The van der Waals surface area contributed by atoms with Crippen LogP contribution in [-0.4, -0.2) is 35.4 Å². The number of rotatable bonds is 2. The number of halogens is 2. The summed E-state index contributed by atoms with van der Waals surface area (Å²) in [5, 5.41) is 0.614. The smallest absolute Gasteiger partial charge is 0.254 e. The summed E-state index contributed by atoms with van der Waals surface area (Å²) >= 11 is 10.0. The molecule has 0 aliphatic carbocycles. The van der Waals surface area contributed by atoms with Crippen molar-refractivity contribution in [3.63, 3.8) is 0 Å². The van der Waals surface area contributed by atoms with Gasteiger partial charge in [-0.15, -0.1) is 0 Å². The molecule has 0 N–H and O–H groups in total. The van der Waals surface area contributed by atoms with Gasteiger partial charge in [0.05, 0.1) is 5.56 Å². The normalized spacial score (nSPS) is 19.4. The summed E-state index contributed by atoms with van der Waals surface area (Å²) in [5.74, 6) is 2.26. The molecule has 0 radical (unpaired) electrons. The van der Waals surface area contributed by atoms with Crippen molar-refractivity contribution in [2.45, 2.75) is 12.5 Å². The van der Waals surface area contributed by atoms with E-state index in [0.717, 1.165) is 21.5 Å². The predicted octanol–water partition coefficient (Wildman–Crippen LogP) is 3.52. The number of amides is 1. The Morgan fingerprint density at radius 2 is 2.35 bits per heavy atom. The molecule has 1 saturated heterocycles. The van der Waals surface area contributed by atoms with Crippen LogP contribution in [-0.2, 0) is 0 Å². The van der Waals surface area contributed by atoms with Gasteiger partial charge in [-0.2, -0.15) is 11.8 Å². The van der Waals surface area contributed by atoms with Gasteiger partial charge in [0.25, 0.3) is 5.91 Å². The molecule has 1 amide bonds. The summed E-state index contributed by atoms with van der Waals surface area (Å²) in [4.78, 5) is 14.2. The molecular weight excluding hydrogens is 369 g/mol. The summed E-state index contributed by atoms with van der Waals surface area (Å²) < 4.78 is 0.953. The van der Waals surface area contributed by atoms with Crippen molar-refractivity contribution in [1.29, 1.82) is 0 Å². The van der Waals surface area contributed by atoms with Crippen molar-refractivity contribution in [3.8, 4) is 0 Å². The zero-order valence-electron chi connectivity index (χ0n) is 9.45. The lowest BCUT2D eigenvalue weighted by Crippen LogP contribution is -2.37. The SMILES string of the molecule is CN(C(=O)c1cc(Cl)ccc1I)C1CCSC1. The van der Waals surface area contributed by atoms with E-state index in [1.165, 1.54) is 0 Å². The van der Waals surface area contributed by atoms with E-state index in [1.54, 1.807) is 6.07 Å². The van der Waals surface area contributed by atoms with Crippen molar-refractivity contribution in [2.24, 2.45) is 0 Å². The second-order valence-electron chi connectivity index (χ2n) is 4.06. The number of nitrogens with zero attached hydrogens (tertiary/aromatic N) is 1. The van der Waals surface area contributed by atoms with E-state index < -0.39 is 0 Å². The molecule has 1 aromatic rings. The van der Waals surface area contributed by atoms with Gasteiger partial charge in [0, 0.05) is 27.4 Å². The third-order valence-corrected chi connectivity index (χ3v) is 5.25. The zero-order chi connectivity index (χ0) is 12.4. The van der Waals surface area contributed by atoms with Crippen LogP contribution in [0.2, 0.25) is 5.02 Å². The first-order chi connectivity index (χ1) is 8.09. The minimum Gasteiger partial charge on any atom is -0.338 e. The molecule has 1 aromatic carbocycles. The molecule has 0 saturated carbocycles. The minimum absolute atomic E-state index is 0.0735. The summed E-state index contributed by atoms with van der Waals surface area (Å²) in [6.45, 7) is 0. The second kappa shape index (κ2) is 5.80. The van der Waals surface area contributed by atoms with E-state index in [9.17, 15) is 4.79 Å².